The predicted octanol–water partition coefficient (Wildman–Crippen LogP) is 3.07. The number of tetrazole rings is 1. The van der Waals surface area contributed by atoms with Crippen LogP contribution in [0.4, 0.5) is 5.69 Å². The summed E-state index contributed by atoms with van der Waals surface area (Å²) >= 11 is 12.1. The lowest BCUT2D eigenvalue weighted by atomic mass is 10.0. The Labute approximate surface area is 133 Å². The van der Waals surface area contributed by atoms with Crippen LogP contribution in [0, 0.1) is 5.92 Å². The molecule has 1 unspecified atom stereocenters. The Morgan fingerprint density at radius 3 is 2.62 bits per heavy atom. The lowest BCUT2D eigenvalue weighted by molar-refractivity contribution is 0.126. The molecule has 0 bridgehead atoms. The molecule has 0 amide bonds. The van der Waals surface area contributed by atoms with E-state index in [1.54, 1.807) is 23.9 Å². The van der Waals surface area contributed by atoms with E-state index in [1.165, 1.54) is 0 Å². The van der Waals surface area contributed by atoms with Crippen LogP contribution in [0.1, 0.15) is 19.9 Å². The molecular formula is C13H17Cl2N5O. The molecule has 1 heterocycles. The Hall–Kier alpha value is -1.37. The molecule has 0 saturated carbocycles. The van der Waals surface area contributed by atoms with Gasteiger partial charge in [-0.25, -0.2) is 4.68 Å². The van der Waals surface area contributed by atoms with Gasteiger partial charge in [-0.15, -0.1) is 5.10 Å². The molecule has 6 nitrogen and oxygen atoms in total. The number of ether oxygens (including phenoxy) is 1. The molecule has 1 atom stereocenters. The summed E-state index contributed by atoms with van der Waals surface area (Å²) in [4.78, 5) is 0. The fourth-order valence-corrected chi connectivity index (χ4v) is 2.40. The summed E-state index contributed by atoms with van der Waals surface area (Å²) < 4.78 is 6.99. The highest BCUT2D eigenvalue weighted by Crippen LogP contribution is 2.34. The second-order valence-electron chi connectivity index (χ2n) is 5.08. The summed E-state index contributed by atoms with van der Waals surface area (Å²) in [5.74, 6) is 0.878. The van der Waals surface area contributed by atoms with Crippen molar-refractivity contribution in [2.75, 3.05) is 19.5 Å². The van der Waals surface area contributed by atoms with Gasteiger partial charge in [0.25, 0.3) is 0 Å². The third-order valence-electron chi connectivity index (χ3n) is 3.23. The second kappa shape index (κ2) is 6.60. The fourth-order valence-electron chi connectivity index (χ4n) is 2.06. The van der Waals surface area contributed by atoms with Crippen molar-refractivity contribution in [1.29, 1.82) is 0 Å². The number of hydrogen-bond acceptors (Lipinski definition) is 5. The number of aromatic nitrogens is 4. The molecule has 1 aromatic carbocycles. The second-order valence-corrected chi connectivity index (χ2v) is 5.86. The zero-order valence-electron chi connectivity index (χ0n) is 12.0. The SMILES string of the molecule is COCC(C(C)C)n1nnnc1-c1cc(N)c(Cl)c(Cl)c1. The van der Waals surface area contributed by atoms with Gasteiger partial charge in [0, 0.05) is 12.7 Å². The Morgan fingerprint density at radius 2 is 2.05 bits per heavy atom. The van der Waals surface area contributed by atoms with E-state index in [9.17, 15) is 0 Å². The Kier molecular flexibility index (Phi) is 5.03. The molecule has 0 aliphatic carbocycles. The monoisotopic (exact) mass is 329 g/mol. The van der Waals surface area contributed by atoms with Crippen molar-refractivity contribution < 1.29 is 4.74 Å². The van der Waals surface area contributed by atoms with Crippen molar-refractivity contribution in [3.63, 3.8) is 0 Å². The van der Waals surface area contributed by atoms with Gasteiger partial charge in [-0.2, -0.15) is 0 Å². The van der Waals surface area contributed by atoms with E-state index in [-0.39, 0.29) is 6.04 Å². The molecule has 2 N–H and O–H groups in total. The van der Waals surface area contributed by atoms with Crippen LogP contribution < -0.4 is 5.73 Å². The fraction of sp³-hybridized carbons (Fsp3) is 0.462. The normalized spacial score (nSPS) is 12.9. The average Bonchev–Trinajstić information content (AvgIpc) is 2.90. The zero-order valence-corrected chi connectivity index (χ0v) is 13.6. The minimum atomic E-state index is 0.00989. The van der Waals surface area contributed by atoms with Crippen LogP contribution in [0.3, 0.4) is 0 Å². The molecule has 2 aromatic rings. The minimum absolute atomic E-state index is 0.00989. The van der Waals surface area contributed by atoms with Crippen molar-refractivity contribution in [3.8, 4) is 11.4 Å². The van der Waals surface area contributed by atoms with Crippen LogP contribution >= 0.6 is 23.2 Å². The van der Waals surface area contributed by atoms with E-state index in [4.69, 9.17) is 33.7 Å². The lowest BCUT2D eigenvalue weighted by Gasteiger charge is -2.21. The first kappa shape index (κ1) is 16.0. The number of nitrogens with zero attached hydrogens (tertiary/aromatic N) is 4. The molecule has 0 saturated heterocycles. The molecule has 0 aliphatic heterocycles. The van der Waals surface area contributed by atoms with Gasteiger partial charge in [0.15, 0.2) is 5.82 Å². The summed E-state index contributed by atoms with van der Waals surface area (Å²) in [6.07, 6.45) is 0. The maximum absolute atomic E-state index is 6.08. The molecule has 0 fully saturated rings. The van der Waals surface area contributed by atoms with Gasteiger partial charge in [0.1, 0.15) is 0 Å². The van der Waals surface area contributed by atoms with Gasteiger partial charge in [-0.1, -0.05) is 37.0 Å². The van der Waals surface area contributed by atoms with Crippen LogP contribution in [0.25, 0.3) is 11.4 Å². The summed E-state index contributed by atoms with van der Waals surface area (Å²) in [5.41, 5.74) is 6.96. The molecular weight excluding hydrogens is 313 g/mol. The number of halogens is 2. The van der Waals surface area contributed by atoms with Gasteiger partial charge in [0.05, 0.1) is 28.4 Å². The molecule has 2 rings (SSSR count). The number of nitrogen functional groups attached to an aromatic ring is 1. The standard InChI is InChI=1S/C13H17Cl2N5O/c1-7(2)11(6-21-3)20-13(17-18-19-20)8-4-9(14)12(15)10(16)5-8/h4-5,7,11H,6,16H2,1-3H3. The van der Waals surface area contributed by atoms with Crippen LogP contribution in [0.5, 0.6) is 0 Å². The van der Waals surface area contributed by atoms with E-state index >= 15 is 0 Å². The quantitative estimate of drug-likeness (QED) is 0.853. The van der Waals surface area contributed by atoms with Crippen molar-refractivity contribution >= 4 is 28.9 Å². The maximum atomic E-state index is 6.08. The molecule has 0 spiro atoms. The van der Waals surface area contributed by atoms with Crippen molar-refractivity contribution in [1.82, 2.24) is 20.2 Å². The molecule has 0 aliphatic rings. The highest BCUT2D eigenvalue weighted by atomic mass is 35.5. The van der Waals surface area contributed by atoms with Crippen molar-refractivity contribution in [2.24, 2.45) is 5.92 Å². The van der Waals surface area contributed by atoms with Crippen LogP contribution in [-0.4, -0.2) is 33.9 Å². The highest BCUT2D eigenvalue weighted by Gasteiger charge is 2.22. The first-order valence-corrected chi connectivity index (χ1v) is 7.23. The Bertz CT molecular complexity index is 606. The van der Waals surface area contributed by atoms with Gasteiger partial charge >= 0.3 is 0 Å². The number of anilines is 1. The third-order valence-corrected chi connectivity index (χ3v) is 4.05. The Balaban J connectivity index is 2.49. The lowest BCUT2D eigenvalue weighted by Crippen LogP contribution is -2.22. The first-order chi connectivity index (χ1) is 9.95. The zero-order chi connectivity index (χ0) is 15.6. The number of hydrogen-bond donors (Lipinski definition) is 1. The first-order valence-electron chi connectivity index (χ1n) is 6.47. The highest BCUT2D eigenvalue weighted by molar-refractivity contribution is 6.43. The summed E-state index contributed by atoms with van der Waals surface area (Å²) in [6.45, 7) is 4.67. The van der Waals surface area contributed by atoms with Crippen LogP contribution in [0.15, 0.2) is 12.1 Å². The molecule has 1 aromatic heterocycles. The van der Waals surface area contributed by atoms with E-state index in [2.05, 4.69) is 29.4 Å². The van der Waals surface area contributed by atoms with Crippen LogP contribution in [-0.2, 0) is 4.74 Å². The summed E-state index contributed by atoms with van der Waals surface area (Å²) in [5, 5.41) is 12.6. The number of benzene rings is 1. The minimum Gasteiger partial charge on any atom is -0.397 e. The van der Waals surface area contributed by atoms with Crippen molar-refractivity contribution in [3.05, 3.63) is 22.2 Å². The van der Waals surface area contributed by atoms with E-state index in [1.807, 2.05) is 0 Å². The predicted molar refractivity (Wildman–Crippen MR) is 83.4 cm³/mol. The third kappa shape index (κ3) is 3.28. The average molecular weight is 330 g/mol. The number of methoxy groups -OCH3 is 1. The van der Waals surface area contributed by atoms with Gasteiger partial charge in [-0.3, -0.25) is 0 Å². The molecule has 8 heteroatoms. The molecule has 21 heavy (non-hydrogen) atoms. The van der Waals surface area contributed by atoms with Gasteiger partial charge < -0.3 is 10.5 Å². The summed E-state index contributed by atoms with van der Waals surface area (Å²) in [6, 6.07) is 3.42. The van der Waals surface area contributed by atoms with E-state index < -0.39 is 0 Å². The molecule has 114 valence electrons. The van der Waals surface area contributed by atoms with Gasteiger partial charge in [0.2, 0.25) is 0 Å². The Morgan fingerprint density at radius 1 is 1.33 bits per heavy atom. The smallest absolute Gasteiger partial charge is 0.182 e. The van der Waals surface area contributed by atoms with E-state index in [0.717, 1.165) is 0 Å². The largest absolute Gasteiger partial charge is 0.397 e. The van der Waals surface area contributed by atoms with Crippen molar-refractivity contribution in [2.45, 2.75) is 19.9 Å². The number of rotatable bonds is 5. The topological polar surface area (TPSA) is 78.8 Å². The number of nitrogens with two attached hydrogens (primary N) is 1. The molecule has 0 radical (unpaired) electrons. The summed E-state index contributed by atoms with van der Waals surface area (Å²) in [7, 11) is 1.65. The maximum Gasteiger partial charge on any atom is 0.182 e. The van der Waals surface area contributed by atoms with E-state index in [0.29, 0.717) is 39.6 Å². The van der Waals surface area contributed by atoms with Crippen LogP contribution in [0.2, 0.25) is 10.0 Å². The van der Waals surface area contributed by atoms with Gasteiger partial charge in [-0.05, 0) is 28.5 Å².